The zero-order valence-electron chi connectivity index (χ0n) is 8.43. The molecule has 1 aliphatic rings. The summed E-state index contributed by atoms with van der Waals surface area (Å²) in [4.78, 5) is 14.8. The lowest BCUT2D eigenvalue weighted by molar-refractivity contribution is -0.133. The second-order valence-electron chi connectivity index (χ2n) is 3.54. The molecule has 1 heterocycles. The third kappa shape index (κ3) is 2.00. The highest BCUT2D eigenvalue weighted by Crippen LogP contribution is 2.29. The van der Waals surface area contributed by atoms with Crippen LogP contribution in [0.15, 0.2) is 46.7 Å². The molecule has 82 valence electrons. The number of allylic oxidation sites excluding steroid dienone is 1. The molecule has 0 spiro atoms. The van der Waals surface area contributed by atoms with Crippen LogP contribution in [0.3, 0.4) is 0 Å². The summed E-state index contributed by atoms with van der Waals surface area (Å²) in [5.41, 5.74) is 0.689. The van der Waals surface area contributed by atoms with Crippen LogP contribution in [0.2, 0.25) is 0 Å². The first-order chi connectivity index (χ1) is 7.68. The Hall–Kier alpha value is -1.97. The minimum absolute atomic E-state index is 0.0989. The van der Waals surface area contributed by atoms with Crippen molar-refractivity contribution < 1.29 is 14.3 Å². The van der Waals surface area contributed by atoms with E-state index in [4.69, 9.17) is 5.11 Å². The Bertz CT molecular complexity index is 465. The van der Waals surface area contributed by atoms with Gasteiger partial charge in [0.1, 0.15) is 0 Å². The Morgan fingerprint density at radius 1 is 1.38 bits per heavy atom. The summed E-state index contributed by atoms with van der Waals surface area (Å²) in [6.07, 6.45) is 1.09. The lowest BCUT2D eigenvalue weighted by atomic mass is 9.97. The topological polar surface area (TPSA) is 49.7 Å². The van der Waals surface area contributed by atoms with Crippen LogP contribution in [-0.2, 0) is 4.79 Å². The van der Waals surface area contributed by atoms with Crippen LogP contribution in [0.25, 0.3) is 0 Å². The summed E-state index contributed by atoms with van der Waals surface area (Å²) in [6, 6.07) is 8.96. The number of dihydropyridines is 1. The predicted octanol–water partition coefficient (Wildman–Crippen LogP) is 2.51. The maximum atomic E-state index is 13.1. The van der Waals surface area contributed by atoms with Crippen molar-refractivity contribution in [1.82, 2.24) is 0 Å². The third-order valence-corrected chi connectivity index (χ3v) is 2.50. The molecule has 3 nitrogen and oxygen atoms in total. The first-order valence-corrected chi connectivity index (χ1v) is 4.88. The minimum Gasteiger partial charge on any atom is -0.478 e. The van der Waals surface area contributed by atoms with E-state index in [1.807, 2.05) is 30.3 Å². The van der Waals surface area contributed by atoms with E-state index in [0.717, 1.165) is 11.8 Å². The number of rotatable bonds is 2. The number of carbonyl (C=O) groups is 1. The molecular weight excluding hydrogens is 209 g/mol. The van der Waals surface area contributed by atoms with E-state index in [1.165, 1.54) is 0 Å². The van der Waals surface area contributed by atoms with Gasteiger partial charge in [0, 0.05) is 6.42 Å². The number of hydrogen-bond acceptors (Lipinski definition) is 2. The smallest absolute Gasteiger partial charge is 0.334 e. The number of halogens is 1. The second-order valence-corrected chi connectivity index (χ2v) is 3.54. The lowest BCUT2D eigenvalue weighted by Crippen LogP contribution is -2.12. The predicted molar refractivity (Wildman–Crippen MR) is 58.1 cm³/mol. The summed E-state index contributed by atoms with van der Waals surface area (Å²) in [7, 11) is 0. The maximum absolute atomic E-state index is 13.1. The summed E-state index contributed by atoms with van der Waals surface area (Å²) < 4.78 is 13.1. The van der Waals surface area contributed by atoms with Crippen LogP contribution < -0.4 is 0 Å². The van der Waals surface area contributed by atoms with Gasteiger partial charge in [0.05, 0.1) is 17.8 Å². The molecule has 2 rings (SSSR count). The van der Waals surface area contributed by atoms with Crippen molar-refractivity contribution in [2.24, 2.45) is 4.99 Å². The highest BCUT2D eigenvalue weighted by molar-refractivity contribution is 5.95. The molecule has 0 bridgehead atoms. The van der Waals surface area contributed by atoms with Crippen LogP contribution in [-0.4, -0.2) is 17.3 Å². The van der Waals surface area contributed by atoms with Gasteiger partial charge in [-0.2, -0.15) is 0 Å². The van der Waals surface area contributed by atoms with E-state index in [-0.39, 0.29) is 18.0 Å². The van der Waals surface area contributed by atoms with Crippen molar-refractivity contribution in [2.75, 3.05) is 0 Å². The summed E-state index contributed by atoms with van der Waals surface area (Å²) in [5.74, 6) is -1.97. The quantitative estimate of drug-likeness (QED) is 0.830. The summed E-state index contributed by atoms with van der Waals surface area (Å²) >= 11 is 0. The van der Waals surface area contributed by atoms with Gasteiger partial charge in [0.25, 0.3) is 0 Å². The Morgan fingerprint density at radius 3 is 2.69 bits per heavy atom. The number of carboxylic acids is 1. The van der Waals surface area contributed by atoms with Gasteiger partial charge in [-0.15, -0.1) is 0 Å². The molecule has 0 fully saturated rings. The first kappa shape index (κ1) is 10.5. The molecule has 0 radical (unpaired) electrons. The zero-order chi connectivity index (χ0) is 11.5. The molecule has 0 saturated carbocycles. The number of aliphatic carboxylic acids is 1. The fraction of sp³-hybridized carbons (Fsp3) is 0.167. The summed E-state index contributed by atoms with van der Waals surface area (Å²) in [6.45, 7) is 0. The van der Waals surface area contributed by atoms with E-state index >= 15 is 0 Å². The Balaban J connectivity index is 2.26. The van der Waals surface area contributed by atoms with E-state index in [9.17, 15) is 9.18 Å². The van der Waals surface area contributed by atoms with E-state index in [1.54, 1.807) is 0 Å². The molecule has 0 aromatic heterocycles. The van der Waals surface area contributed by atoms with Gasteiger partial charge in [-0.1, -0.05) is 30.3 Å². The zero-order valence-corrected chi connectivity index (χ0v) is 8.43. The molecule has 1 aliphatic heterocycles. The van der Waals surface area contributed by atoms with Crippen molar-refractivity contribution in [3.05, 3.63) is 47.3 Å². The van der Waals surface area contributed by atoms with E-state index in [0.29, 0.717) is 0 Å². The van der Waals surface area contributed by atoms with Crippen LogP contribution >= 0.6 is 0 Å². The number of hydrogen-bond donors (Lipinski definition) is 1. The Kier molecular flexibility index (Phi) is 2.81. The number of nitrogens with zero attached hydrogens (tertiary/aromatic N) is 1. The van der Waals surface area contributed by atoms with Crippen LogP contribution in [0.5, 0.6) is 0 Å². The Labute approximate surface area is 91.9 Å². The highest BCUT2D eigenvalue weighted by Gasteiger charge is 2.23. The summed E-state index contributed by atoms with van der Waals surface area (Å²) in [5, 5.41) is 8.81. The molecular formula is C12H10FNO2. The fourth-order valence-corrected chi connectivity index (χ4v) is 1.65. The minimum atomic E-state index is -1.22. The molecule has 4 heteroatoms. The molecule has 0 saturated heterocycles. The van der Waals surface area contributed by atoms with Gasteiger partial charge < -0.3 is 5.11 Å². The average molecular weight is 219 g/mol. The molecule has 1 atom stereocenters. The van der Waals surface area contributed by atoms with Crippen molar-refractivity contribution in [3.63, 3.8) is 0 Å². The fourth-order valence-electron chi connectivity index (χ4n) is 1.65. The van der Waals surface area contributed by atoms with Gasteiger partial charge in [-0.3, -0.25) is 4.99 Å². The van der Waals surface area contributed by atoms with Crippen molar-refractivity contribution in [2.45, 2.75) is 12.5 Å². The van der Waals surface area contributed by atoms with Gasteiger partial charge in [-0.05, 0) is 5.56 Å². The molecule has 0 amide bonds. The SMILES string of the molecule is O=C(O)C1=C(F)C=NC(c2ccccc2)C1. The molecule has 1 unspecified atom stereocenters. The van der Waals surface area contributed by atoms with Gasteiger partial charge in [0.15, 0.2) is 5.83 Å². The third-order valence-electron chi connectivity index (χ3n) is 2.50. The highest BCUT2D eigenvalue weighted by atomic mass is 19.1. The Morgan fingerprint density at radius 2 is 2.06 bits per heavy atom. The van der Waals surface area contributed by atoms with Gasteiger partial charge >= 0.3 is 5.97 Å². The van der Waals surface area contributed by atoms with Crippen molar-refractivity contribution in [1.29, 1.82) is 0 Å². The largest absolute Gasteiger partial charge is 0.478 e. The van der Waals surface area contributed by atoms with Crippen molar-refractivity contribution in [3.8, 4) is 0 Å². The molecule has 1 aromatic carbocycles. The maximum Gasteiger partial charge on any atom is 0.334 e. The first-order valence-electron chi connectivity index (χ1n) is 4.88. The number of aliphatic imine (C=N–C) groups is 1. The monoisotopic (exact) mass is 219 g/mol. The van der Waals surface area contributed by atoms with E-state index < -0.39 is 11.8 Å². The average Bonchev–Trinajstić information content (AvgIpc) is 2.30. The van der Waals surface area contributed by atoms with E-state index in [2.05, 4.69) is 4.99 Å². The number of carboxylic acid groups (broad SMARTS) is 1. The standard InChI is InChI=1S/C12H10FNO2/c13-10-7-14-11(6-9(10)12(15)16)8-4-2-1-3-5-8/h1-5,7,11H,6H2,(H,15,16). The molecule has 1 N–H and O–H groups in total. The molecule has 16 heavy (non-hydrogen) atoms. The van der Waals surface area contributed by atoms with Crippen LogP contribution in [0.4, 0.5) is 4.39 Å². The second kappa shape index (κ2) is 4.26. The van der Waals surface area contributed by atoms with Crippen LogP contribution in [0, 0.1) is 0 Å². The lowest BCUT2D eigenvalue weighted by Gasteiger charge is -2.16. The number of benzene rings is 1. The van der Waals surface area contributed by atoms with Crippen molar-refractivity contribution >= 4 is 12.2 Å². The molecule has 0 aliphatic carbocycles. The van der Waals surface area contributed by atoms with Gasteiger partial charge in [0.2, 0.25) is 0 Å². The normalized spacial score (nSPS) is 19.9. The molecule has 1 aromatic rings. The van der Waals surface area contributed by atoms with Crippen LogP contribution in [0.1, 0.15) is 18.0 Å². The van der Waals surface area contributed by atoms with Gasteiger partial charge in [-0.25, -0.2) is 9.18 Å².